The van der Waals surface area contributed by atoms with Gasteiger partial charge in [0.05, 0.1) is 24.4 Å². The van der Waals surface area contributed by atoms with Crippen molar-refractivity contribution >= 4 is 23.2 Å². The lowest BCUT2D eigenvalue weighted by Gasteiger charge is -2.08. The topological polar surface area (TPSA) is 81.4 Å². The van der Waals surface area contributed by atoms with Gasteiger partial charge in [0.1, 0.15) is 11.2 Å². The monoisotopic (exact) mass is 284 g/mol. The van der Waals surface area contributed by atoms with E-state index in [0.717, 1.165) is 5.69 Å². The van der Waals surface area contributed by atoms with Crippen LogP contribution in [0.15, 0.2) is 23.5 Å². The highest BCUT2D eigenvalue weighted by Gasteiger charge is 2.07. The van der Waals surface area contributed by atoms with E-state index >= 15 is 0 Å². The van der Waals surface area contributed by atoms with Gasteiger partial charge in [-0.1, -0.05) is 0 Å². The number of nitrogens with zero attached hydrogens (tertiary/aromatic N) is 5. The predicted octanol–water partition coefficient (Wildman–Crippen LogP) is 1.60. The van der Waals surface area contributed by atoms with Crippen molar-refractivity contribution in [3.8, 4) is 0 Å². The smallest absolute Gasteiger partial charge is 0.262 e. The fraction of sp³-hybridized carbons (Fsp3) is 0.286. The average Bonchev–Trinajstić information content (AvgIpc) is 3.04. The first-order chi connectivity index (χ1) is 10.1. The van der Waals surface area contributed by atoms with Crippen LogP contribution in [0.5, 0.6) is 0 Å². The number of imidazole rings is 1. The maximum Gasteiger partial charge on any atom is 0.262 e. The number of fused-ring (bicyclic) bond motifs is 1. The summed E-state index contributed by atoms with van der Waals surface area (Å²) in [7, 11) is 1.76. The van der Waals surface area contributed by atoms with Crippen LogP contribution < -0.4 is 5.56 Å². The van der Waals surface area contributed by atoms with Crippen molar-refractivity contribution in [2.45, 2.75) is 19.9 Å². The summed E-state index contributed by atoms with van der Waals surface area (Å²) in [5.74, 6) is 0.493. The third-order valence-electron chi connectivity index (χ3n) is 3.28. The van der Waals surface area contributed by atoms with E-state index in [1.54, 1.807) is 30.3 Å². The molecule has 0 aliphatic heterocycles. The van der Waals surface area contributed by atoms with Crippen LogP contribution in [-0.4, -0.2) is 29.3 Å². The van der Waals surface area contributed by atoms with Gasteiger partial charge >= 0.3 is 0 Å². The summed E-state index contributed by atoms with van der Waals surface area (Å²) in [6.07, 6.45) is 8.72. The van der Waals surface area contributed by atoms with Crippen LogP contribution >= 0.6 is 0 Å². The van der Waals surface area contributed by atoms with Gasteiger partial charge in [-0.3, -0.25) is 9.48 Å². The molecular formula is C14H16N6O. The van der Waals surface area contributed by atoms with E-state index in [2.05, 4.69) is 33.9 Å². The number of rotatable bonds is 3. The van der Waals surface area contributed by atoms with Crippen LogP contribution in [0.3, 0.4) is 0 Å². The summed E-state index contributed by atoms with van der Waals surface area (Å²) in [6, 6.07) is 0.318. The quantitative estimate of drug-likeness (QED) is 0.792. The molecule has 0 radical (unpaired) electrons. The highest BCUT2D eigenvalue weighted by molar-refractivity contribution is 5.75. The van der Waals surface area contributed by atoms with Crippen LogP contribution in [0.4, 0.5) is 0 Å². The molecule has 0 saturated heterocycles. The van der Waals surface area contributed by atoms with E-state index in [1.165, 1.54) is 6.20 Å². The van der Waals surface area contributed by atoms with Gasteiger partial charge in [-0.15, -0.1) is 0 Å². The molecule has 0 amide bonds. The molecule has 0 aromatic carbocycles. The number of H-pyrrole nitrogens is 1. The summed E-state index contributed by atoms with van der Waals surface area (Å²) in [6.45, 7) is 4.17. The zero-order valence-electron chi connectivity index (χ0n) is 12.1. The van der Waals surface area contributed by atoms with Crippen molar-refractivity contribution in [2.75, 3.05) is 0 Å². The SMILES string of the molecule is CC(C)n1cncc1C=Cc1nc2c(cnn2C)c(=O)[nH]1. The van der Waals surface area contributed by atoms with Crippen LogP contribution in [0, 0.1) is 0 Å². The molecule has 3 heterocycles. The molecular weight excluding hydrogens is 268 g/mol. The lowest BCUT2D eigenvalue weighted by atomic mass is 10.3. The van der Waals surface area contributed by atoms with Crippen molar-refractivity contribution < 1.29 is 0 Å². The molecule has 7 nitrogen and oxygen atoms in total. The molecule has 0 atom stereocenters. The number of aromatic nitrogens is 6. The standard InChI is InChI=1S/C14H16N6O/c1-9(2)20-8-15-6-10(20)4-5-12-17-13-11(14(21)18-12)7-16-19(13)3/h4-9H,1-3H3,(H,17,18,21). The molecule has 0 bridgehead atoms. The summed E-state index contributed by atoms with van der Waals surface area (Å²) in [4.78, 5) is 23.2. The predicted molar refractivity (Wildman–Crippen MR) is 80.7 cm³/mol. The summed E-state index contributed by atoms with van der Waals surface area (Å²) in [5.41, 5.74) is 1.33. The number of hydrogen-bond donors (Lipinski definition) is 1. The first-order valence-corrected chi connectivity index (χ1v) is 6.68. The van der Waals surface area contributed by atoms with E-state index in [0.29, 0.717) is 22.9 Å². The van der Waals surface area contributed by atoms with Crippen LogP contribution in [0.1, 0.15) is 31.4 Å². The van der Waals surface area contributed by atoms with Gasteiger partial charge in [-0.2, -0.15) is 5.10 Å². The second-order valence-electron chi connectivity index (χ2n) is 5.11. The molecule has 3 aromatic rings. The Balaban J connectivity index is 2.01. The van der Waals surface area contributed by atoms with Gasteiger partial charge in [0.2, 0.25) is 0 Å². The Morgan fingerprint density at radius 1 is 1.29 bits per heavy atom. The molecule has 0 saturated carbocycles. The molecule has 1 N–H and O–H groups in total. The van der Waals surface area contributed by atoms with Crippen molar-refractivity contribution in [1.82, 2.24) is 29.3 Å². The Bertz CT molecular complexity index is 867. The first-order valence-electron chi connectivity index (χ1n) is 6.68. The van der Waals surface area contributed by atoms with Gasteiger partial charge in [0.15, 0.2) is 5.65 Å². The second-order valence-corrected chi connectivity index (χ2v) is 5.11. The van der Waals surface area contributed by atoms with Crippen molar-refractivity contribution in [3.63, 3.8) is 0 Å². The first kappa shape index (κ1) is 13.3. The van der Waals surface area contributed by atoms with Crippen molar-refractivity contribution in [1.29, 1.82) is 0 Å². The van der Waals surface area contributed by atoms with Crippen LogP contribution in [-0.2, 0) is 7.05 Å². The molecule has 0 fully saturated rings. The van der Waals surface area contributed by atoms with E-state index in [9.17, 15) is 4.79 Å². The fourth-order valence-electron chi connectivity index (χ4n) is 2.17. The normalized spacial score (nSPS) is 12.0. The van der Waals surface area contributed by atoms with Crippen molar-refractivity contribution in [3.05, 3.63) is 40.6 Å². The summed E-state index contributed by atoms with van der Waals surface area (Å²) in [5, 5.41) is 4.53. The Hall–Kier alpha value is -2.70. The Labute approximate surface area is 121 Å². The van der Waals surface area contributed by atoms with E-state index in [-0.39, 0.29) is 5.56 Å². The van der Waals surface area contributed by atoms with E-state index < -0.39 is 0 Å². The van der Waals surface area contributed by atoms with E-state index in [4.69, 9.17) is 0 Å². The maximum absolute atomic E-state index is 11.9. The van der Waals surface area contributed by atoms with Crippen molar-refractivity contribution in [2.24, 2.45) is 7.05 Å². The molecule has 0 unspecified atom stereocenters. The lowest BCUT2D eigenvalue weighted by Crippen LogP contribution is -2.09. The minimum Gasteiger partial charge on any atom is -0.329 e. The van der Waals surface area contributed by atoms with Gasteiger partial charge < -0.3 is 9.55 Å². The maximum atomic E-state index is 11.9. The molecule has 0 spiro atoms. The minimum absolute atomic E-state index is 0.190. The zero-order valence-corrected chi connectivity index (χ0v) is 12.1. The minimum atomic E-state index is -0.190. The number of aromatic amines is 1. The molecule has 0 aliphatic rings. The Kier molecular flexibility index (Phi) is 3.17. The van der Waals surface area contributed by atoms with Gasteiger partial charge in [0.25, 0.3) is 5.56 Å². The van der Waals surface area contributed by atoms with Crippen LogP contribution in [0.2, 0.25) is 0 Å². The fourth-order valence-corrected chi connectivity index (χ4v) is 2.17. The highest BCUT2D eigenvalue weighted by Crippen LogP contribution is 2.12. The Morgan fingerprint density at radius 3 is 2.86 bits per heavy atom. The zero-order chi connectivity index (χ0) is 15.0. The number of aryl methyl sites for hydroxylation is 1. The van der Waals surface area contributed by atoms with Gasteiger partial charge in [-0.05, 0) is 26.0 Å². The average molecular weight is 284 g/mol. The van der Waals surface area contributed by atoms with E-state index in [1.807, 2.05) is 10.6 Å². The third-order valence-corrected chi connectivity index (χ3v) is 3.28. The lowest BCUT2D eigenvalue weighted by molar-refractivity contribution is 0.595. The molecule has 0 aliphatic carbocycles. The van der Waals surface area contributed by atoms with Gasteiger partial charge in [0, 0.05) is 13.1 Å². The summed E-state index contributed by atoms with van der Waals surface area (Å²) >= 11 is 0. The van der Waals surface area contributed by atoms with Crippen LogP contribution in [0.25, 0.3) is 23.2 Å². The molecule has 108 valence electrons. The molecule has 3 aromatic heterocycles. The molecule has 3 rings (SSSR count). The molecule has 7 heteroatoms. The number of hydrogen-bond acceptors (Lipinski definition) is 4. The molecule has 21 heavy (non-hydrogen) atoms. The third kappa shape index (κ3) is 2.37. The van der Waals surface area contributed by atoms with Gasteiger partial charge in [-0.25, -0.2) is 9.97 Å². The number of nitrogens with one attached hydrogen (secondary N) is 1. The largest absolute Gasteiger partial charge is 0.329 e. The second kappa shape index (κ2) is 5.01. The Morgan fingerprint density at radius 2 is 2.10 bits per heavy atom. The highest BCUT2D eigenvalue weighted by atomic mass is 16.1. The summed E-state index contributed by atoms with van der Waals surface area (Å²) < 4.78 is 3.62.